The maximum atomic E-state index is 3.52. The fraction of sp³-hybridized carbons (Fsp3) is 0.444. The van der Waals surface area contributed by atoms with E-state index in [1.54, 1.807) is 0 Å². The van der Waals surface area contributed by atoms with E-state index < -0.39 is 0 Å². The standard InChI is InChI=1S/C18H24N2/c1-2-4-12-17(11-3-1)20-19-14-16-10-7-9-15-8-5-6-13-18(15)16/h5-10,13,17,19-20H,1-4,11-12,14H2. The van der Waals surface area contributed by atoms with Gasteiger partial charge in [0.15, 0.2) is 0 Å². The molecule has 1 saturated carbocycles. The molecule has 106 valence electrons. The summed E-state index contributed by atoms with van der Waals surface area (Å²) in [5.74, 6) is 0. The van der Waals surface area contributed by atoms with Crippen LogP contribution in [-0.2, 0) is 6.54 Å². The number of hydrogen-bond donors (Lipinski definition) is 2. The average Bonchev–Trinajstić information content (AvgIpc) is 2.76. The third-order valence-corrected chi connectivity index (χ3v) is 4.32. The van der Waals surface area contributed by atoms with Crippen molar-refractivity contribution in [3.63, 3.8) is 0 Å². The Hall–Kier alpha value is -1.38. The van der Waals surface area contributed by atoms with E-state index >= 15 is 0 Å². The van der Waals surface area contributed by atoms with E-state index in [1.807, 2.05) is 0 Å². The van der Waals surface area contributed by atoms with Gasteiger partial charge in [-0.15, -0.1) is 0 Å². The van der Waals surface area contributed by atoms with Crippen molar-refractivity contribution in [1.29, 1.82) is 0 Å². The van der Waals surface area contributed by atoms with Gasteiger partial charge in [0, 0.05) is 12.6 Å². The predicted molar refractivity (Wildman–Crippen MR) is 85.4 cm³/mol. The zero-order chi connectivity index (χ0) is 13.6. The fourth-order valence-corrected chi connectivity index (χ4v) is 3.16. The van der Waals surface area contributed by atoms with Crippen LogP contribution in [0.15, 0.2) is 42.5 Å². The first-order valence-corrected chi connectivity index (χ1v) is 7.88. The van der Waals surface area contributed by atoms with Crippen LogP contribution in [0.3, 0.4) is 0 Å². The van der Waals surface area contributed by atoms with Crippen molar-refractivity contribution < 1.29 is 0 Å². The molecule has 20 heavy (non-hydrogen) atoms. The molecule has 0 aliphatic heterocycles. The molecule has 0 amide bonds. The molecule has 0 aromatic heterocycles. The second-order valence-corrected chi connectivity index (χ2v) is 5.82. The van der Waals surface area contributed by atoms with Crippen LogP contribution in [0.25, 0.3) is 10.8 Å². The molecule has 2 aromatic rings. The van der Waals surface area contributed by atoms with Crippen LogP contribution in [0.5, 0.6) is 0 Å². The Balaban J connectivity index is 1.59. The van der Waals surface area contributed by atoms with Crippen LogP contribution in [0, 0.1) is 0 Å². The molecule has 0 atom stereocenters. The molecule has 2 aromatic carbocycles. The van der Waals surface area contributed by atoms with Gasteiger partial charge < -0.3 is 0 Å². The summed E-state index contributed by atoms with van der Waals surface area (Å²) in [6.07, 6.45) is 8.16. The molecular formula is C18H24N2. The topological polar surface area (TPSA) is 24.1 Å². The van der Waals surface area contributed by atoms with Gasteiger partial charge >= 0.3 is 0 Å². The molecule has 0 spiro atoms. The molecular weight excluding hydrogens is 244 g/mol. The van der Waals surface area contributed by atoms with E-state index in [1.165, 1.54) is 54.9 Å². The van der Waals surface area contributed by atoms with Gasteiger partial charge in [0.1, 0.15) is 0 Å². The number of hydrogen-bond acceptors (Lipinski definition) is 2. The van der Waals surface area contributed by atoms with E-state index in [0.29, 0.717) is 6.04 Å². The van der Waals surface area contributed by atoms with E-state index in [-0.39, 0.29) is 0 Å². The zero-order valence-corrected chi connectivity index (χ0v) is 12.1. The lowest BCUT2D eigenvalue weighted by Gasteiger charge is -2.17. The largest absolute Gasteiger partial charge is 0.254 e. The molecule has 0 radical (unpaired) electrons. The van der Waals surface area contributed by atoms with Gasteiger partial charge in [-0.05, 0) is 29.2 Å². The second kappa shape index (κ2) is 6.87. The summed E-state index contributed by atoms with van der Waals surface area (Å²) in [5.41, 5.74) is 8.33. The average molecular weight is 268 g/mol. The van der Waals surface area contributed by atoms with Crippen LogP contribution >= 0.6 is 0 Å². The van der Waals surface area contributed by atoms with E-state index in [4.69, 9.17) is 0 Å². The van der Waals surface area contributed by atoms with Crippen LogP contribution in [0.1, 0.15) is 44.1 Å². The molecule has 1 aliphatic rings. The molecule has 1 fully saturated rings. The molecule has 0 bridgehead atoms. The Morgan fingerprint density at radius 2 is 1.60 bits per heavy atom. The van der Waals surface area contributed by atoms with Gasteiger partial charge in [-0.25, -0.2) is 0 Å². The van der Waals surface area contributed by atoms with E-state index in [0.717, 1.165) is 6.54 Å². The summed E-state index contributed by atoms with van der Waals surface area (Å²) >= 11 is 0. The van der Waals surface area contributed by atoms with Crippen molar-refractivity contribution in [1.82, 2.24) is 10.9 Å². The third kappa shape index (κ3) is 3.38. The Morgan fingerprint density at radius 1 is 0.850 bits per heavy atom. The minimum Gasteiger partial charge on any atom is -0.254 e. The molecule has 3 rings (SSSR count). The number of rotatable bonds is 4. The summed E-state index contributed by atoms with van der Waals surface area (Å²) in [7, 11) is 0. The minimum absolute atomic E-state index is 0.646. The van der Waals surface area contributed by atoms with Gasteiger partial charge in [-0.1, -0.05) is 68.1 Å². The Kier molecular flexibility index (Phi) is 4.67. The normalized spacial score (nSPS) is 17.2. The molecule has 0 saturated heterocycles. The van der Waals surface area contributed by atoms with Gasteiger partial charge in [0.05, 0.1) is 0 Å². The summed E-state index contributed by atoms with van der Waals surface area (Å²) in [6.45, 7) is 0.887. The van der Waals surface area contributed by atoms with Crippen molar-refractivity contribution >= 4 is 10.8 Å². The molecule has 0 unspecified atom stereocenters. The van der Waals surface area contributed by atoms with E-state index in [9.17, 15) is 0 Å². The maximum absolute atomic E-state index is 3.52. The Bertz CT molecular complexity index is 537. The third-order valence-electron chi connectivity index (χ3n) is 4.32. The number of hydrazine groups is 1. The summed E-state index contributed by atoms with van der Waals surface area (Å²) < 4.78 is 0. The number of benzene rings is 2. The van der Waals surface area contributed by atoms with Crippen LogP contribution in [-0.4, -0.2) is 6.04 Å². The first-order valence-electron chi connectivity index (χ1n) is 7.88. The second-order valence-electron chi connectivity index (χ2n) is 5.82. The van der Waals surface area contributed by atoms with Crippen molar-refractivity contribution in [2.24, 2.45) is 0 Å². The van der Waals surface area contributed by atoms with Crippen LogP contribution in [0.4, 0.5) is 0 Å². The summed E-state index contributed by atoms with van der Waals surface area (Å²) in [5, 5.41) is 2.67. The first-order chi connectivity index (χ1) is 9.93. The van der Waals surface area contributed by atoms with Crippen molar-refractivity contribution in [3.05, 3.63) is 48.0 Å². The lowest BCUT2D eigenvalue weighted by Crippen LogP contribution is -2.40. The highest BCUT2D eigenvalue weighted by Gasteiger charge is 2.11. The minimum atomic E-state index is 0.646. The van der Waals surface area contributed by atoms with Gasteiger partial charge in [-0.2, -0.15) is 0 Å². The Labute approximate surface area is 121 Å². The maximum Gasteiger partial charge on any atom is 0.0357 e. The smallest absolute Gasteiger partial charge is 0.0357 e. The van der Waals surface area contributed by atoms with Crippen LogP contribution in [0.2, 0.25) is 0 Å². The van der Waals surface area contributed by atoms with Crippen molar-refractivity contribution in [3.8, 4) is 0 Å². The van der Waals surface area contributed by atoms with Gasteiger partial charge in [-0.3, -0.25) is 10.9 Å². The first kappa shape index (κ1) is 13.6. The quantitative estimate of drug-likeness (QED) is 0.643. The Morgan fingerprint density at radius 3 is 2.45 bits per heavy atom. The number of fused-ring (bicyclic) bond motifs is 1. The lowest BCUT2D eigenvalue weighted by atomic mass is 10.0. The fourth-order valence-electron chi connectivity index (χ4n) is 3.16. The molecule has 0 heterocycles. The van der Waals surface area contributed by atoms with E-state index in [2.05, 4.69) is 53.3 Å². The SMILES string of the molecule is c1ccc2c(CNNC3CCCCCC3)cccc2c1. The van der Waals surface area contributed by atoms with Gasteiger partial charge in [0.25, 0.3) is 0 Å². The van der Waals surface area contributed by atoms with Gasteiger partial charge in [0.2, 0.25) is 0 Å². The molecule has 2 N–H and O–H groups in total. The summed E-state index contributed by atoms with van der Waals surface area (Å²) in [6, 6.07) is 15.8. The monoisotopic (exact) mass is 268 g/mol. The van der Waals surface area contributed by atoms with Crippen molar-refractivity contribution in [2.45, 2.75) is 51.1 Å². The zero-order valence-electron chi connectivity index (χ0n) is 12.1. The van der Waals surface area contributed by atoms with Crippen LogP contribution < -0.4 is 10.9 Å². The lowest BCUT2D eigenvalue weighted by molar-refractivity contribution is 0.392. The summed E-state index contributed by atoms with van der Waals surface area (Å²) in [4.78, 5) is 0. The highest BCUT2D eigenvalue weighted by atomic mass is 15.4. The highest BCUT2D eigenvalue weighted by molar-refractivity contribution is 5.85. The molecule has 1 aliphatic carbocycles. The highest BCUT2D eigenvalue weighted by Crippen LogP contribution is 2.19. The molecule has 2 nitrogen and oxygen atoms in total. The predicted octanol–water partition coefficient (Wildman–Crippen LogP) is 4.16. The number of nitrogens with one attached hydrogen (secondary N) is 2. The molecule has 2 heteroatoms. The van der Waals surface area contributed by atoms with Crippen molar-refractivity contribution in [2.75, 3.05) is 0 Å².